The molecule has 0 radical (unpaired) electrons. The summed E-state index contributed by atoms with van der Waals surface area (Å²) in [5.74, 6) is 1.46. The van der Waals surface area contributed by atoms with Crippen molar-refractivity contribution in [2.75, 3.05) is 33.2 Å². The lowest BCUT2D eigenvalue weighted by Gasteiger charge is -2.18. The van der Waals surface area contributed by atoms with Gasteiger partial charge < -0.3 is 15.5 Å². The number of unbranched alkanes of at least 4 members (excludes halogenated alkanes) is 1. The number of benzene rings is 1. The molecule has 0 saturated carbocycles. The van der Waals surface area contributed by atoms with E-state index in [1.807, 2.05) is 23.1 Å². The Kier molecular flexibility index (Phi) is 10.5. The smallest absolute Gasteiger partial charge is 0.223 e. The molecule has 1 aromatic carbocycles. The first kappa shape index (κ1) is 21.7. The molecule has 1 saturated heterocycles. The normalized spacial score (nSPS) is 17.4. The van der Waals surface area contributed by atoms with Crippen LogP contribution in [0.5, 0.6) is 0 Å². The number of carbonyl (C=O) groups excluding carboxylic acids is 1. The highest BCUT2D eigenvalue weighted by Crippen LogP contribution is 2.17. The Morgan fingerprint density at radius 2 is 2.04 bits per heavy atom. The molecule has 2 rings (SSSR count). The molecule has 6 heteroatoms. The van der Waals surface area contributed by atoms with E-state index in [0.717, 1.165) is 51.4 Å². The third-order valence-electron chi connectivity index (χ3n) is 4.41. The van der Waals surface area contributed by atoms with Crippen LogP contribution in [0.15, 0.2) is 35.3 Å². The van der Waals surface area contributed by atoms with Gasteiger partial charge in [0, 0.05) is 45.6 Å². The molecule has 1 aliphatic rings. The van der Waals surface area contributed by atoms with Crippen molar-refractivity contribution in [1.82, 2.24) is 15.5 Å². The number of hydrogen-bond donors (Lipinski definition) is 2. The van der Waals surface area contributed by atoms with Gasteiger partial charge in [0.2, 0.25) is 5.91 Å². The molecular weight excluding hydrogens is 427 g/mol. The molecule has 25 heavy (non-hydrogen) atoms. The number of nitrogens with zero attached hydrogens (tertiary/aromatic N) is 2. The molecular formula is C19H31IN4O. The predicted molar refractivity (Wildman–Crippen MR) is 115 cm³/mol. The molecule has 0 aliphatic carbocycles. The Bertz CT molecular complexity index is 535. The van der Waals surface area contributed by atoms with Gasteiger partial charge in [0.25, 0.3) is 0 Å². The standard InChI is InChI=1S/C19H30N4O.HI/c1-3-4-11-21-19(20-2)22-14-17-13-18(24)23(15-17)12-10-16-8-6-5-7-9-16;/h5-9,17H,3-4,10-15H2,1-2H3,(H2,20,21,22);1H. The summed E-state index contributed by atoms with van der Waals surface area (Å²) in [5.41, 5.74) is 1.28. The first-order valence-electron chi connectivity index (χ1n) is 8.99. The second kappa shape index (κ2) is 12.1. The number of hydrogen-bond acceptors (Lipinski definition) is 2. The van der Waals surface area contributed by atoms with E-state index in [1.54, 1.807) is 7.05 Å². The van der Waals surface area contributed by atoms with Crippen LogP contribution in [-0.4, -0.2) is 50.0 Å². The maximum absolute atomic E-state index is 12.2. The SMILES string of the molecule is CCCCNC(=NC)NCC1CC(=O)N(CCc2ccccc2)C1.I. The molecule has 1 aromatic rings. The van der Waals surface area contributed by atoms with Crippen LogP contribution in [0.4, 0.5) is 0 Å². The van der Waals surface area contributed by atoms with Crippen LogP contribution in [-0.2, 0) is 11.2 Å². The average Bonchev–Trinajstić information content (AvgIpc) is 2.97. The van der Waals surface area contributed by atoms with Gasteiger partial charge in [-0.1, -0.05) is 43.7 Å². The lowest BCUT2D eigenvalue weighted by Crippen LogP contribution is -2.40. The van der Waals surface area contributed by atoms with Crippen molar-refractivity contribution in [3.05, 3.63) is 35.9 Å². The molecule has 0 bridgehead atoms. The van der Waals surface area contributed by atoms with Crippen molar-refractivity contribution in [3.8, 4) is 0 Å². The van der Waals surface area contributed by atoms with Gasteiger partial charge in [0.1, 0.15) is 0 Å². The molecule has 1 atom stereocenters. The van der Waals surface area contributed by atoms with Crippen LogP contribution < -0.4 is 10.6 Å². The van der Waals surface area contributed by atoms with Crippen molar-refractivity contribution in [3.63, 3.8) is 0 Å². The minimum atomic E-state index is 0. The summed E-state index contributed by atoms with van der Waals surface area (Å²) in [6, 6.07) is 10.3. The van der Waals surface area contributed by atoms with Gasteiger partial charge in [0.15, 0.2) is 5.96 Å². The van der Waals surface area contributed by atoms with Crippen LogP contribution >= 0.6 is 24.0 Å². The fourth-order valence-electron chi connectivity index (χ4n) is 2.96. The van der Waals surface area contributed by atoms with Crippen molar-refractivity contribution < 1.29 is 4.79 Å². The zero-order valence-corrected chi connectivity index (χ0v) is 17.7. The molecule has 140 valence electrons. The molecule has 5 nitrogen and oxygen atoms in total. The predicted octanol–water partition coefficient (Wildman–Crippen LogP) is 2.66. The number of carbonyl (C=O) groups is 1. The fraction of sp³-hybridized carbons (Fsp3) is 0.579. The highest BCUT2D eigenvalue weighted by Gasteiger charge is 2.29. The number of amides is 1. The Morgan fingerprint density at radius 3 is 2.72 bits per heavy atom. The van der Waals surface area contributed by atoms with Gasteiger partial charge in [-0.2, -0.15) is 0 Å². The highest BCUT2D eigenvalue weighted by atomic mass is 127. The molecule has 2 N–H and O–H groups in total. The molecule has 1 fully saturated rings. The number of halogens is 1. The van der Waals surface area contributed by atoms with E-state index < -0.39 is 0 Å². The minimum absolute atomic E-state index is 0. The number of nitrogens with one attached hydrogen (secondary N) is 2. The summed E-state index contributed by atoms with van der Waals surface area (Å²) in [7, 11) is 1.78. The van der Waals surface area contributed by atoms with Crippen LogP contribution in [0.25, 0.3) is 0 Å². The Labute approximate surface area is 168 Å². The van der Waals surface area contributed by atoms with E-state index in [9.17, 15) is 4.79 Å². The summed E-state index contributed by atoms with van der Waals surface area (Å²) >= 11 is 0. The summed E-state index contributed by atoms with van der Waals surface area (Å²) in [5, 5.41) is 6.65. The molecule has 0 spiro atoms. The second-order valence-corrected chi connectivity index (χ2v) is 6.38. The molecule has 1 heterocycles. The van der Waals surface area contributed by atoms with E-state index in [0.29, 0.717) is 12.3 Å². The number of likely N-dealkylation sites (tertiary alicyclic amines) is 1. The van der Waals surface area contributed by atoms with Crippen LogP contribution in [0.1, 0.15) is 31.7 Å². The highest BCUT2D eigenvalue weighted by molar-refractivity contribution is 14.0. The van der Waals surface area contributed by atoms with Crippen LogP contribution in [0.2, 0.25) is 0 Å². The van der Waals surface area contributed by atoms with Gasteiger partial charge in [-0.3, -0.25) is 9.79 Å². The zero-order valence-electron chi connectivity index (χ0n) is 15.3. The van der Waals surface area contributed by atoms with E-state index >= 15 is 0 Å². The fourth-order valence-corrected chi connectivity index (χ4v) is 2.96. The Balaban J connectivity index is 0.00000312. The van der Waals surface area contributed by atoms with Crippen molar-refractivity contribution >= 4 is 35.8 Å². The van der Waals surface area contributed by atoms with Gasteiger partial charge in [-0.05, 0) is 18.4 Å². The van der Waals surface area contributed by atoms with Crippen molar-refractivity contribution in [2.24, 2.45) is 10.9 Å². The quantitative estimate of drug-likeness (QED) is 0.273. The van der Waals surface area contributed by atoms with E-state index in [1.165, 1.54) is 5.56 Å². The lowest BCUT2D eigenvalue weighted by molar-refractivity contribution is -0.127. The first-order chi connectivity index (χ1) is 11.7. The van der Waals surface area contributed by atoms with Crippen molar-refractivity contribution in [1.29, 1.82) is 0 Å². The summed E-state index contributed by atoms with van der Waals surface area (Å²) < 4.78 is 0. The van der Waals surface area contributed by atoms with Gasteiger partial charge in [-0.25, -0.2) is 0 Å². The van der Waals surface area contributed by atoms with E-state index in [-0.39, 0.29) is 29.9 Å². The summed E-state index contributed by atoms with van der Waals surface area (Å²) in [6.45, 7) is 5.54. The number of aliphatic imine (C=N–C) groups is 1. The minimum Gasteiger partial charge on any atom is -0.356 e. The van der Waals surface area contributed by atoms with Crippen LogP contribution in [0, 0.1) is 5.92 Å². The van der Waals surface area contributed by atoms with Crippen molar-refractivity contribution in [2.45, 2.75) is 32.6 Å². The Morgan fingerprint density at radius 1 is 1.28 bits per heavy atom. The van der Waals surface area contributed by atoms with Crippen LogP contribution in [0.3, 0.4) is 0 Å². The average molecular weight is 458 g/mol. The monoisotopic (exact) mass is 458 g/mol. The van der Waals surface area contributed by atoms with Gasteiger partial charge >= 0.3 is 0 Å². The molecule has 1 unspecified atom stereocenters. The molecule has 0 aromatic heterocycles. The summed E-state index contributed by atoms with van der Waals surface area (Å²) in [6.07, 6.45) is 3.86. The first-order valence-corrected chi connectivity index (χ1v) is 8.99. The maximum Gasteiger partial charge on any atom is 0.223 e. The van der Waals surface area contributed by atoms with E-state index in [4.69, 9.17) is 0 Å². The second-order valence-electron chi connectivity index (χ2n) is 6.38. The summed E-state index contributed by atoms with van der Waals surface area (Å²) in [4.78, 5) is 18.4. The molecule has 1 aliphatic heterocycles. The topological polar surface area (TPSA) is 56.7 Å². The van der Waals surface area contributed by atoms with E-state index in [2.05, 4.69) is 34.7 Å². The molecule has 1 amide bonds. The van der Waals surface area contributed by atoms with Gasteiger partial charge in [-0.15, -0.1) is 24.0 Å². The maximum atomic E-state index is 12.2. The lowest BCUT2D eigenvalue weighted by atomic mass is 10.1. The zero-order chi connectivity index (χ0) is 17.2. The number of guanidine groups is 1. The third-order valence-corrected chi connectivity index (χ3v) is 4.41. The third kappa shape index (κ3) is 7.63. The Hall–Kier alpha value is -1.31. The largest absolute Gasteiger partial charge is 0.356 e. The number of rotatable bonds is 8. The van der Waals surface area contributed by atoms with Gasteiger partial charge in [0.05, 0.1) is 0 Å².